The lowest BCUT2D eigenvalue weighted by Gasteiger charge is -2.08. The van der Waals surface area contributed by atoms with Crippen LogP contribution in [-0.2, 0) is 6.42 Å². The Labute approximate surface area is 140 Å². The van der Waals surface area contributed by atoms with Crippen LogP contribution in [0.25, 0.3) is 0 Å². The first-order valence-corrected chi connectivity index (χ1v) is 7.59. The molecule has 0 amide bonds. The molecule has 0 atom stereocenters. The molecule has 24 heavy (non-hydrogen) atoms. The number of aryl methyl sites for hydroxylation is 1. The maximum absolute atomic E-state index is 8.82. The minimum absolute atomic E-state index is 0.415. The highest BCUT2D eigenvalue weighted by Crippen LogP contribution is 2.17. The van der Waals surface area contributed by atoms with Gasteiger partial charge in [0.05, 0.1) is 17.8 Å². The smallest absolute Gasteiger partial charge is 0.249 e. The van der Waals surface area contributed by atoms with Gasteiger partial charge in [-0.25, -0.2) is 0 Å². The number of nitriles is 1. The van der Waals surface area contributed by atoms with Gasteiger partial charge in [0.25, 0.3) is 0 Å². The Balaban J connectivity index is 1.72. The van der Waals surface area contributed by atoms with Gasteiger partial charge < -0.3 is 10.6 Å². The van der Waals surface area contributed by atoms with Gasteiger partial charge in [0.1, 0.15) is 0 Å². The maximum Gasteiger partial charge on any atom is 0.249 e. The largest absolute Gasteiger partial charge is 0.339 e. The average molecular weight is 316 g/mol. The van der Waals surface area contributed by atoms with Gasteiger partial charge in [-0.3, -0.25) is 0 Å². The van der Waals surface area contributed by atoms with E-state index in [1.54, 1.807) is 18.3 Å². The second-order valence-corrected chi connectivity index (χ2v) is 5.15. The molecule has 2 N–H and O–H groups in total. The molecule has 0 saturated carbocycles. The highest BCUT2D eigenvalue weighted by atomic mass is 15.3. The Morgan fingerprint density at radius 2 is 1.62 bits per heavy atom. The van der Waals surface area contributed by atoms with E-state index in [0.717, 1.165) is 17.8 Å². The molecule has 1 heterocycles. The molecule has 118 valence electrons. The first-order valence-electron chi connectivity index (χ1n) is 7.59. The van der Waals surface area contributed by atoms with Gasteiger partial charge >= 0.3 is 0 Å². The van der Waals surface area contributed by atoms with Gasteiger partial charge in [0, 0.05) is 11.4 Å². The summed E-state index contributed by atoms with van der Waals surface area (Å²) in [5.41, 5.74) is 3.62. The van der Waals surface area contributed by atoms with E-state index in [1.807, 2.05) is 24.3 Å². The fourth-order valence-electron chi connectivity index (χ4n) is 2.15. The Morgan fingerprint density at radius 1 is 0.958 bits per heavy atom. The number of benzene rings is 2. The van der Waals surface area contributed by atoms with Gasteiger partial charge in [-0.05, 0) is 48.4 Å². The van der Waals surface area contributed by atoms with E-state index in [9.17, 15) is 0 Å². The molecular formula is C18H16N6. The Morgan fingerprint density at radius 3 is 2.29 bits per heavy atom. The van der Waals surface area contributed by atoms with Crippen molar-refractivity contribution in [1.29, 1.82) is 5.26 Å². The molecule has 0 unspecified atom stereocenters. The van der Waals surface area contributed by atoms with E-state index in [4.69, 9.17) is 5.26 Å². The molecule has 0 radical (unpaired) electrons. The van der Waals surface area contributed by atoms with Crippen LogP contribution in [0.5, 0.6) is 0 Å². The Bertz CT molecular complexity index is 850. The molecule has 0 saturated heterocycles. The van der Waals surface area contributed by atoms with Crippen molar-refractivity contribution >= 4 is 23.1 Å². The van der Waals surface area contributed by atoms with E-state index in [0.29, 0.717) is 17.3 Å². The van der Waals surface area contributed by atoms with Crippen molar-refractivity contribution in [3.63, 3.8) is 0 Å². The van der Waals surface area contributed by atoms with Crippen molar-refractivity contribution in [2.24, 2.45) is 0 Å². The molecule has 1 aromatic heterocycles. The van der Waals surface area contributed by atoms with Gasteiger partial charge in [-0.2, -0.15) is 15.3 Å². The highest BCUT2D eigenvalue weighted by molar-refractivity contribution is 5.59. The van der Waals surface area contributed by atoms with Crippen LogP contribution in [0.15, 0.2) is 54.7 Å². The zero-order valence-corrected chi connectivity index (χ0v) is 13.2. The van der Waals surface area contributed by atoms with Crippen LogP contribution in [0.4, 0.5) is 23.1 Å². The lowest BCUT2D eigenvalue weighted by Crippen LogP contribution is -2.02. The third-order valence-electron chi connectivity index (χ3n) is 3.46. The van der Waals surface area contributed by atoms with E-state index < -0.39 is 0 Å². The standard InChI is InChI=1S/C18H16N6/c1-2-13-3-7-16(8-4-13)22-18-23-17(12-20-24-18)21-15-9-5-14(11-19)6-10-15/h3-10,12H,2H2,1H3,(H2,21,22,23,24). The molecule has 6 heteroatoms. The fraction of sp³-hybridized carbons (Fsp3) is 0.111. The zero-order valence-electron chi connectivity index (χ0n) is 13.2. The van der Waals surface area contributed by atoms with Crippen LogP contribution < -0.4 is 10.6 Å². The summed E-state index contributed by atoms with van der Waals surface area (Å²) in [5.74, 6) is 0.986. The summed E-state index contributed by atoms with van der Waals surface area (Å²) in [4.78, 5) is 4.39. The Kier molecular flexibility index (Phi) is 4.63. The lowest BCUT2D eigenvalue weighted by atomic mass is 10.1. The monoisotopic (exact) mass is 316 g/mol. The van der Waals surface area contributed by atoms with Gasteiger partial charge in [-0.1, -0.05) is 19.1 Å². The van der Waals surface area contributed by atoms with Crippen LogP contribution in [-0.4, -0.2) is 15.2 Å². The predicted octanol–water partition coefficient (Wildman–Crippen LogP) is 3.79. The number of hydrogen-bond acceptors (Lipinski definition) is 6. The molecule has 0 spiro atoms. The fourth-order valence-corrected chi connectivity index (χ4v) is 2.15. The number of anilines is 4. The zero-order chi connectivity index (χ0) is 16.8. The third-order valence-corrected chi connectivity index (χ3v) is 3.46. The van der Waals surface area contributed by atoms with Crippen molar-refractivity contribution < 1.29 is 0 Å². The van der Waals surface area contributed by atoms with Gasteiger partial charge in [0.15, 0.2) is 5.82 Å². The minimum Gasteiger partial charge on any atom is -0.339 e. The lowest BCUT2D eigenvalue weighted by molar-refractivity contribution is 0.982. The summed E-state index contributed by atoms with van der Waals surface area (Å²) < 4.78 is 0. The van der Waals surface area contributed by atoms with E-state index in [-0.39, 0.29) is 0 Å². The number of nitrogens with zero attached hydrogens (tertiary/aromatic N) is 4. The predicted molar refractivity (Wildman–Crippen MR) is 93.4 cm³/mol. The molecule has 0 aliphatic rings. The summed E-state index contributed by atoms with van der Waals surface area (Å²) in [6.45, 7) is 2.12. The van der Waals surface area contributed by atoms with E-state index in [2.05, 4.69) is 50.9 Å². The average Bonchev–Trinajstić information content (AvgIpc) is 2.63. The van der Waals surface area contributed by atoms with E-state index in [1.165, 1.54) is 5.56 Å². The second kappa shape index (κ2) is 7.20. The van der Waals surface area contributed by atoms with E-state index >= 15 is 0 Å². The molecule has 3 aromatic rings. The van der Waals surface area contributed by atoms with Crippen molar-refractivity contribution in [3.8, 4) is 6.07 Å². The van der Waals surface area contributed by atoms with Crippen molar-refractivity contribution in [3.05, 3.63) is 65.9 Å². The molecule has 0 aliphatic heterocycles. The highest BCUT2D eigenvalue weighted by Gasteiger charge is 2.02. The maximum atomic E-state index is 8.82. The van der Waals surface area contributed by atoms with Crippen LogP contribution in [0, 0.1) is 11.3 Å². The first kappa shape index (κ1) is 15.4. The molecule has 0 bridgehead atoms. The normalized spacial score (nSPS) is 10.0. The molecule has 0 fully saturated rings. The van der Waals surface area contributed by atoms with Crippen molar-refractivity contribution in [2.45, 2.75) is 13.3 Å². The molecule has 2 aromatic carbocycles. The van der Waals surface area contributed by atoms with Crippen LogP contribution >= 0.6 is 0 Å². The number of aromatic nitrogens is 3. The number of nitrogens with one attached hydrogen (secondary N) is 2. The molecular weight excluding hydrogens is 300 g/mol. The molecule has 0 aliphatic carbocycles. The molecule has 6 nitrogen and oxygen atoms in total. The summed E-state index contributed by atoms with van der Waals surface area (Å²) in [6, 6.07) is 17.3. The van der Waals surface area contributed by atoms with Gasteiger partial charge in [0.2, 0.25) is 5.95 Å². The second-order valence-electron chi connectivity index (χ2n) is 5.15. The summed E-state index contributed by atoms with van der Waals surface area (Å²) >= 11 is 0. The first-order chi connectivity index (χ1) is 11.8. The van der Waals surface area contributed by atoms with Gasteiger partial charge in [-0.15, -0.1) is 5.10 Å². The van der Waals surface area contributed by atoms with Crippen molar-refractivity contribution in [2.75, 3.05) is 10.6 Å². The van der Waals surface area contributed by atoms with Crippen molar-refractivity contribution in [1.82, 2.24) is 15.2 Å². The summed E-state index contributed by atoms with van der Waals surface area (Å²) in [7, 11) is 0. The summed E-state index contributed by atoms with van der Waals surface area (Å²) in [5, 5.41) is 23.0. The summed E-state index contributed by atoms with van der Waals surface area (Å²) in [6.07, 6.45) is 2.55. The quantitative estimate of drug-likeness (QED) is 0.744. The minimum atomic E-state index is 0.415. The number of hydrogen-bond donors (Lipinski definition) is 2. The van der Waals surface area contributed by atoms with Crippen LogP contribution in [0.1, 0.15) is 18.1 Å². The molecule has 3 rings (SSSR count). The number of rotatable bonds is 5. The Hall–Kier alpha value is -3.46. The third kappa shape index (κ3) is 3.84. The SMILES string of the molecule is CCc1ccc(Nc2nncc(Nc3ccc(C#N)cc3)n2)cc1. The van der Waals surface area contributed by atoms with Crippen LogP contribution in [0.3, 0.4) is 0 Å². The topological polar surface area (TPSA) is 86.5 Å². The van der Waals surface area contributed by atoms with Crippen LogP contribution in [0.2, 0.25) is 0 Å².